The lowest BCUT2D eigenvalue weighted by Crippen LogP contribution is -2.44. The molecule has 1 saturated heterocycles. The zero-order valence-electron chi connectivity index (χ0n) is 14.2. The Morgan fingerprint density at radius 2 is 2.33 bits per heavy atom. The molecule has 0 amide bonds. The van der Waals surface area contributed by atoms with E-state index < -0.39 is 0 Å². The molecular weight excluding hydrogens is 350 g/mol. The highest BCUT2D eigenvalue weighted by atomic mass is 35.5. The molecule has 3 rings (SSSR count). The van der Waals surface area contributed by atoms with Crippen LogP contribution in [0.2, 0.25) is 0 Å². The second-order valence-corrected chi connectivity index (χ2v) is 6.59. The average Bonchev–Trinajstić information content (AvgIpc) is 3.18. The predicted octanol–water partition coefficient (Wildman–Crippen LogP) is 2.21. The van der Waals surface area contributed by atoms with Gasteiger partial charge in [-0.05, 0) is 20.9 Å². The molecule has 2 aromatic rings. The fourth-order valence-electron chi connectivity index (χ4n) is 2.64. The summed E-state index contributed by atoms with van der Waals surface area (Å²) in [5.41, 5.74) is 0.946. The first-order valence-electron chi connectivity index (χ1n) is 7.96. The third-order valence-corrected chi connectivity index (χ3v) is 5.01. The van der Waals surface area contributed by atoms with Crippen molar-refractivity contribution in [3.63, 3.8) is 0 Å². The molecule has 9 heteroatoms. The van der Waals surface area contributed by atoms with Crippen LogP contribution in [0.5, 0.6) is 0 Å². The van der Waals surface area contributed by atoms with Gasteiger partial charge < -0.3 is 14.6 Å². The molecule has 2 unspecified atom stereocenters. The number of aromatic nitrogens is 3. The van der Waals surface area contributed by atoms with E-state index in [1.54, 1.807) is 11.3 Å². The maximum Gasteiger partial charge on any atom is 0.232 e. The lowest BCUT2D eigenvalue weighted by atomic mass is 10.2. The minimum Gasteiger partial charge on any atom is -0.372 e. The van der Waals surface area contributed by atoms with E-state index >= 15 is 0 Å². The summed E-state index contributed by atoms with van der Waals surface area (Å²) in [6.07, 6.45) is 0.589. The molecule has 0 spiro atoms. The number of thiazole rings is 1. The average molecular weight is 374 g/mol. The summed E-state index contributed by atoms with van der Waals surface area (Å²) in [6.45, 7) is 7.52. The summed E-state index contributed by atoms with van der Waals surface area (Å²) in [7, 11) is 2.09. The summed E-state index contributed by atoms with van der Waals surface area (Å²) in [6, 6.07) is 0.172. The van der Waals surface area contributed by atoms with Gasteiger partial charge in [0.05, 0.1) is 18.2 Å². The summed E-state index contributed by atoms with van der Waals surface area (Å²) in [5, 5.41) is 10.5. The lowest BCUT2D eigenvalue weighted by Gasteiger charge is -2.30. The van der Waals surface area contributed by atoms with E-state index in [2.05, 4.69) is 32.4 Å². The number of ether oxygens (including phenoxy) is 1. The zero-order valence-corrected chi connectivity index (χ0v) is 15.8. The number of hydrogen-bond acceptors (Lipinski definition) is 8. The number of hydrogen-bond donors (Lipinski definition) is 1. The van der Waals surface area contributed by atoms with Crippen LogP contribution in [-0.2, 0) is 11.2 Å². The number of rotatable bonds is 6. The molecule has 2 atom stereocenters. The number of nitrogens with one attached hydrogen (secondary N) is 1. The van der Waals surface area contributed by atoms with Crippen molar-refractivity contribution in [2.45, 2.75) is 32.4 Å². The molecule has 24 heavy (non-hydrogen) atoms. The van der Waals surface area contributed by atoms with Gasteiger partial charge in [0.15, 0.2) is 5.82 Å². The second-order valence-electron chi connectivity index (χ2n) is 5.70. The van der Waals surface area contributed by atoms with Gasteiger partial charge in [-0.3, -0.25) is 4.90 Å². The number of halogens is 1. The fraction of sp³-hybridized carbons (Fsp3) is 0.667. The molecule has 1 fully saturated rings. The van der Waals surface area contributed by atoms with Crippen LogP contribution >= 0.6 is 23.7 Å². The van der Waals surface area contributed by atoms with Crippen molar-refractivity contribution in [2.24, 2.45) is 0 Å². The molecule has 7 nitrogen and oxygen atoms in total. The molecular formula is C15H24ClN5O2S. The highest BCUT2D eigenvalue weighted by molar-refractivity contribution is 7.09. The first kappa shape index (κ1) is 19.3. The third-order valence-electron chi connectivity index (χ3n) is 3.96. The highest BCUT2D eigenvalue weighted by Crippen LogP contribution is 2.23. The molecule has 0 aliphatic carbocycles. The Bertz CT molecular complexity index is 635. The van der Waals surface area contributed by atoms with Gasteiger partial charge in [-0.2, -0.15) is 4.98 Å². The maximum atomic E-state index is 5.57. The molecule has 2 aromatic heterocycles. The van der Waals surface area contributed by atoms with E-state index in [0.717, 1.165) is 36.2 Å². The third kappa shape index (κ3) is 4.52. The summed E-state index contributed by atoms with van der Waals surface area (Å²) in [4.78, 5) is 11.4. The van der Waals surface area contributed by atoms with Crippen molar-refractivity contribution in [1.82, 2.24) is 25.3 Å². The van der Waals surface area contributed by atoms with E-state index in [0.29, 0.717) is 18.9 Å². The van der Waals surface area contributed by atoms with Crippen LogP contribution in [0.25, 0.3) is 0 Å². The van der Waals surface area contributed by atoms with Crippen LogP contribution < -0.4 is 5.32 Å². The molecule has 1 aliphatic rings. The fourth-order valence-corrected chi connectivity index (χ4v) is 3.46. The SMILES string of the molecule is CCOC(C)c1nc(Cc2nc(C3CNCCN3C)no2)cs1.Cl. The van der Waals surface area contributed by atoms with Crippen LogP contribution in [-0.4, -0.2) is 53.3 Å². The van der Waals surface area contributed by atoms with E-state index in [-0.39, 0.29) is 24.6 Å². The molecule has 0 aromatic carbocycles. The Balaban J connectivity index is 0.00000208. The van der Waals surface area contributed by atoms with E-state index in [1.807, 2.05) is 19.2 Å². The molecule has 0 saturated carbocycles. The minimum absolute atomic E-state index is 0. The van der Waals surface area contributed by atoms with Gasteiger partial charge in [-0.1, -0.05) is 5.16 Å². The van der Waals surface area contributed by atoms with Crippen molar-refractivity contribution in [3.05, 3.63) is 27.8 Å². The molecule has 3 heterocycles. The number of piperazine rings is 1. The quantitative estimate of drug-likeness (QED) is 0.831. The summed E-state index contributed by atoms with van der Waals surface area (Å²) < 4.78 is 11.0. The zero-order chi connectivity index (χ0) is 16.2. The van der Waals surface area contributed by atoms with Crippen LogP contribution in [0.4, 0.5) is 0 Å². The molecule has 1 aliphatic heterocycles. The Labute approximate surface area is 152 Å². The van der Waals surface area contributed by atoms with Crippen molar-refractivity contribution in [3.8, 4) is 0 Å². The van der Waals surface area contributed by atoms with E-state index in [9.17, 15) is 0 Å². The Morgan fingerprint density at radius 1 is 1.50 bits per heavy atom. The van der Waals surface area contributed by atoms with Crippen LogP contribution in [0.15, 0.2) is 9.90 Å². The largest absolute Gasteiger partial charge is 0.372 e. The summed E-state index contributed by atoms with van der Waals surface area (Å²) >= 11 is 1.61. The summed E-state index contributed by atoms with van der Waals surface area (Å²) in [5.74, 6) is 1.35. The normalized spacial score (nSPS) is 19.9. The molecule has 1 N–H and O–H groups in total. The Kier molecular flexibility index (Phi) is 7.12. The highest BCUT2D eigenvalue weighted by Gasteiger charge is 2.25. The number of nitrogens with zero attached hydrogens (tertiary/aromatic N) is 4. The van der Waals surface area contributed by atoms with Crippen molar-refractivity contribution in [2.75, 3.05) is 33.3 Å². The predicted molar refractivity (Wildman–Crippen MR) is 94.7 cm³/mol. The van der Waals surface area contributed by atoms with Crippen molar-refractivity contribution < 1.29 is 9.26 Å². The topological polar surface area (TPSA) is 76.3 Å². The first-order chi connectivity index (χ1) is 11.2. The first-order valence-corrected chi connectivity index (χ1v) is 8.84. The molecule has 0 radical (unpaired) electrons. The van der Waals surface area contributed by atoms with Crippen molar-refractivity contribution >= 4 is 23.7 Å². The maximum absolute atomic E-state index is 5.57. The van der Waals surface area contributed by atoms with Gasteiger partial charge in [0.25, 0.3) is 0 Å². The van der Waals surface area contributed by atoms with E-state index in [1.165, 1.54) is 0 Å². The second kappa shape index (κ2) is 8.87. The standard InChI is InChI=1S/C15H23N5O2S.ClH/c1-4-21-10(2)15-17-11(9-23-15)7-13-18-14(19-22-13)12-8-16-5-6-20(12)3;/h9-10,12,16H,4-8H2,1-3H3;1H. The van der Waals surface area contributed by atoms with Gasteiger partial charge in [0, 0.05) is 31.6 Å². The van der Waals surface area contributed by atoms with Crippen LogP contribution in [0.3, 0.4) is 0 Å². The van der Waals surface area contributed by atoms with Crippen molar-refractivity contribution in [1.29, 1.82) is 0 Å². The molecule has 134 valence electrons. The van der Waals surface area contributed by atoms with Crippen LogP contribution in [0.1, 0.15) is 48.4 Å². The van der Waals surface area contributed by atoms with Gasteiger partial charge in [0.2, 0.25) is 5.89 Å². The van der Waals surface area contributed by atoms with Gasteiger partial charge in [-0.25, -0.2) is 4.98 Å². The Hall–Kier alpha value is -1.06. The van der Waals surface area contributed by atoms with Gasteiger partial charge >= 0.3 is 0 Å². The Morgan fingerprint density at radius 3 is 3.08 bits per heavy atom. The monoisotopic (exact) mass is 373 g/mol. The van der Waals surface area contributed by atoms with E-state index in [4.69, 9.17) is 9.26 Å². The molecule has 0 bridgehead atoms. The van der Waals surface area contributed by atoms with Gasteiger partial charge in [0.1, 0.15) is 11.1 Å². The smallest absolute Gasteiger partial charge is 0.232 e. The minimum atomic E-state index is 0. The van der Waals surface area contributed by atoms with Crippen LogP contribution in [0, 0.1) is 0 Å². The van der Waals surface area contributed by atoms with Gasteiger partial charge in [-0.15, -0.1) is 23.7 Å². The number of likely N-dealkylation sites (N-methyl/N-ethyl adjacent to an activating group) is 1. The lowest BCUT2D eigenvalue weighted by molar-refractivity contribution is 0.0761.